The minimum Gasteiger partial charge on any atom is -0.481 e. The summed E-state index contributed by atoms with van der Waals surface area (Å²) in [4.78, 5) is 34.3. The van der Waals surface area contributed by atoms with Gasteiger partial charge in [-0.2, -0.15) is 13.2 Å². The van der Waals surface area contributed by atoms with Gasteiger partial charge in [0.2, 0.25) is 11.8 Å². The zero-order chi connectivity index (χ0) is 25.3. The van der Waals surface area contributed by atoms with Crippen LogP contribution in [0.2, 0.25) is 0 Å². The molecule has 5 heterocycles. The Morgan fingerprint density at radius 1 is 1.17 bits per heavy atom. The number of nitrogens with zero attached hydrogens (tertiary/aromatic N) is 7. The molecule has 5 rings (SSSR count). The fourth-order valence-electron chi connectivity index (χ4n) is 4.47. The van der Waals surface area contributed by atoms with E-state index in [0.29, 0.717) is 56.2 Å². The summed E-state index contributed by atoms with van der Waals surface area (Å²) in [6, 6.07) is 0.901. The molecule has 0 radical (unpaired) electrons. The fourth-order valence-corrected chi connectivity index (χ4v) is 4.47. The number of ether oxygens (including phenoxy) is 2. The molecule has 2 aromatic rings. The summed E-state index contributed by atoms with van der Waals surface area (Å²) < 4.78 is 51.5. The first-order valence-corrected chi connectivity index (χ1v) is 11.4. The molecule has 36 heavy (non-hydrogen) atoms. The lowest BCUT2D eigenvalue weighted by atomic mass is 10.1. The molecule has 0 N–H and O–H groups in total. The van der Waals surface area contributed by atoms with Crippen LogP contribution in [0.15, 0.2) is 35.9 Å². The summed E-state index contributed by atoms with van der Waals surface area (Å²) in [5, 5.41) is 0. The number of carbonyl (C=O) groups is 1. The first-order valence-electron chi connectivity index (χ1n) is 11.4. The quantitative estimate of drug-likeness (QED) is 0.633. The number of likely N-dealkylation sites (tertiary alicyclic amines) is 1. The minimum absolute atomic E-state index is 0.141. The van der Waals surface area contributed by atoms with Gasteiger partial charge in [0, 0.05) is 38.7 Å². The van der Waals surface area contributed by atoms with Crippen molar-refractivity contribution in [2.45, 2.75) is 31.7 Å². The molecule has 3 aliphatic rings. The highest BCUT2D eigenvalue weighted by atomic mass is 19.4. The molecule has 0 saturated carbocycles. The van der Waals surface area contributed by atoms with Crippen LogP contribution in [0, 0.1) is 0 Å². The SMILES string of the molecule is COc1ncc(N2CCc3ncnc(O[C@H]4CCN(C(=O)N5C=NC=CC5)C4)c3C2)cc1C(F)(F)F. The predicted octanol–water partition coefficient (Wildman–Crippen LogP) is 2.89. The van der Waals surface area contributed by atoms with Gasteiger partial charge >= 0.3 is 12.2 Å². The number of amides is 2. The number of urea groups is 1. The lowest BCUT2D eigenvalue weighted by Crippen LogP contribution is -2.42. The number of alkyl halides is 3. The topological polar surface area (TPSA) is 96.3 Å². The molecule has 190 valence electrons. The number of carbonyl (C=O) groups excluding carboxylic acids is 1. The monoisotopic (exact) mass is 503 g/mol. The Morgan fingerprint density at radius 3 is 2.78 bits per heavy atom. The summed E-state index contributed by atoms with van der Waals surface area (Å²) in [5.74, 6) is -0.0906. The average Bonchev–Trinajstić information content (AvgIpc) is 3.36. The number of halogens is 3. The van der Waals surface area contributed by atoms with Gasteiger partial charge in [-0.05, 0) is 12.1 Å². The highest BCUT2D eigenvalue weighted by Gasteiger charge is 2.37. The van der Waals surface area contributed by atoms with Gasteiger partial charge in [0.05, 0.1) is 49.7 Å². The zero-order valence-corrected chi connectivity index (χ0v) is 19.5. The van der Waals surface area contributed by atoms with Crippen molar-refractivity contribution in [2.75, 3.05) is 38.2 Å². The van der Waals surface area contributed by atoms with Gasteiger partial charge in [-0.1, -0.05) is 0 Å². The van der Waals surface area contributed by atoms with Gasteiger partial charge in [0.25, 0.3) is 0 Å². The van der Waals surface area contributed by atoms with Crippen LogP contribution in [0.5, 0.6) is 11.8 Å². The van der Waals surface area contributed by atoms with E-state index in [-0.39, 0.29) is 18.7 Å². The smallest absolute Gasteiger partial charge is 0.421 e. The standard InChI is InChI=1S/C23H24F3N7O3/c1-35-21-18(23(24,25)26)9-15(10-28-21)31-8-4-19-17(12-31)20(30-13-29-19)36-16-3-7-32(11-16)22(34)33-6-2-5-27-14-33/h2,5,9-10,13-14,16H,3-4,6-8,11-12H2,1H3/t16-/m0/s1. The molecule has 10 nitrogen and oxygen atoms in total. The van der Waals surface area contributed by atoms with Crippen molar-refractivity contribution in [1.29, 1.82) is 0 Å². The number of hydrogen-bond acceptors (Lipinski definition) is 8. The molecule has 2 aromatic heterocycles. The largest absolute Gasteiger partial charge is 0.481 e. The summed E-state index contributed by atoms with van der Waals surface area (Å²) in [6.45, 7) is 2.13. The first kappa shape index (κ1) is 23.8. The molecule has 0 unspecified atom stereocenters. The van der Waals surface area contributed by atoms with E-state index in [0.717, 1.165) is 18.9 Å². The van der Waals surface area contributed by atoms with Crippen LogP contribution in [0.1, 0.15) is 23.2 Å². The van der Waals surface area contributed by atoms with Crippen LogP contribution in [-0.2, 0) is 19.1 Å². The predicted molar refractivity (Wildman–Crippen MR) is 123 cm³/mol. The first-order chi connectivity index (χ1) is 17.3. The van der Waals surface area contributed by atoms with Gasteiger partial charge in [0.15, 0.2) is 0 Å². The molecule has 13 heteroatoms. The number of fused-ring (bicyclic) bond motifs is 1. The molecule has 1 saturated heterocycles. The van der Waals surface area contributed by atoms with Gasteiger partial charge < -0.3 is 19.3 Å². The van der Waals surface area contributed by atoms with Gasteiger partial charge in [0.1, 0.15) is 18.0 Å². The van der Waals surface area contributed by atoms with Crippen molar-refractivity contribution >= 4 is 18.1 Å². The van der Waals surface area contributed by atoms with E-state index in [2.05, 4.69) is 19.9 Å². The number of methoxy groups -OCH3 is 1. The number of hydrogen-bond donors (Lipinski definition) is 0. The van der Waals surface area contributed by atoms with Crippen LogP contribution < -0.4 is 14.4 Å². The fraction of sp³-hybridized carbons (Fsp3) is 0.435. The minimum atomic E-state index is -4.60. The molecule has 0 spiro atoms. The van der Waals surface area contributed by atoms with Crippen molar-refractivity contribution in [2.24, 2.45) is 4.99 Å². The van der Waals surface area contributed by atoms with E-state index in [4.69, 9.17) is 9.47 Å². The lowest BCUT2D eigenvalue weighted by Gasteiger charge is -2.31. The third-order valence-corrected chi connectivity index (χ3v) is 6.30. The number of aliphatic imine (C=N–C) groups is 1. The van der Waals surface area contributed by atoms with Crippen molar-refractivity contribution < 1.29 is 27.4 Å². The number of pyridine rings is 1. The van der Waals surface area contributed by atoms with Gasteiger partial charge in [-0.25, -0.2) is 24.7 Å². The van der Waals surface area contributed by atoms with Crippen LogP contribution in [0.3, 0.4) is 0 Å². The maximum absolute atomic E-state index is 13.5. The van der Waals surface area contributed by atoms with Crippen LogP contribution >= 0.6 is 0 Å². The highest BCUT2D eigenvalue weighted by molar-refractivity contribution is 5.87. The Bertz CT molecular complexity index is 1200. The molecule has 2 amide bonds. The maximum Gasteiger partial charge on any atom is 0.421 e. The van der Waals surface area contributed by atoms with Gasteiger partial charge in [-0.15, -0.1) is 0 Å². The Morgan fingerprint density at radius 2 is 2.03 bits per heavy atom. The van der Waals surface area contributed by atoms with Crippen LogP contribution in [0.25, 0.3) is 0 Å². The molecule has 0 aromatic carbocycles. The van der Waals surface area contributed by atoms with E-state index >= 15 is 0 Å². The molecule has 0 aliphatic carbocycles. The van der Waals surface area contributed by atoms with E-state index in [1.54, 1.807) is 22.1 Å². The Balaban J connectivity index is 1.30. The molecular formula is C23H24F3N7O3. The normalized spacial score (nSPS) is 19.4. The van der Waals surface area contributed by atoms with Crippen LogP contribution in [-0.4, -0.2) is 76.5 Å². The summed E-state index contributed by atoms with van der Waals surface area (Å²) in [7, 11) is 1.16. The Hall–Kier alpha value is -3.90. The van der Waals surface area contributed by atoms with E-state index < -0.39 is 17.6 Å². The zero-order valence-electron chi connectivity index (χ0n) is 19.5. The summed E-state index contributed by atoms with van der Waals surface area (Å²) in [5.41, 5.74) is 0.889. The van der Waals surface area contributed by atoms with Crippen molar-refractivity contribution in [3.63, 3.8) is 0 Å². The maximum atomic E-state index is 13.5. The van der Waals surface area contributed by atoms with Gasteiger partial charge in [-0.3, -0.25) is 4.90 Å². The van der Waals surface area contributed by atoms with Crippen LogP contribution in [0.4, 0.5) is 23.7 Å². The second kappa shape index (κ2) is 9.63. The summed E-state index contributed by atoms with van der Waals surface area (Å²) >= 11 is 0. The number of rotatable bonds is 4. The van der Waals surface area contributed by atoms with E-state index in [1.807, 2.05) is 0 Å². The molecule has 0 bridgehead atoms. The average molecular weight is 503 g/mol. The highest BCUT2D eigenvalue weighted by Crippen LogP contribution is 2.38. The number of anilines is 1. The molecule has 1 fully saturated rings. The van der Waals surface area contributed by atoms with Crippen molar-refractivity contribution in [3.8, 4) is 11.8 Å². The van der Waals surface area contributed by atoms with Crippen molar-refractivity contribution in [3.05, 3.63) is 47.7 Å². The second-order valence-corrected chi connectivity index (χ2v) is 8.58. The second-order valence-electron chi connectivity index (χ2n) is 8.58. The Labute approximate surface area is 205 Å². The third-order valence-electron chi connectivity index (χ3n) is 6.30. The number of aromatic nitrogens is 3. The third kappa shape index (κ3) is 4.77. The Kier molecular flexibility index (Phi) is 6.37. The van der Waals surface area contributed by atoms with E-state index in [9.17, 15) is 18.0 Å². The lowest BCUT2D eigenvalue weighted by molar-refractivity contribution is -0.139. The van der Waals surface area contributed by atoms with Crippen molar-refractivity contribution in [1.82, 2.24) is 24.8 Å². The van der Waals surface area contributed by atoms with E-state index in [1.165, 1.54) is 23.8 Å². The molecular weight excluding hydrogens is 479 g/mol. The summed E-state index contributed by atoms with van der Waals surface area (Å²) in [6.07, 6.45) is 4.03. The molecule has 1 atom stereocenters. The molecule has 3 aliphatic heterocycles.